The van der Waals surface area contributed by atoms with E-state index >= 15 is 0 Å². The number of nitrogens with one attached hydrogen (secondary N) is 1. The lowest BCUT2D eigenvalue weighted by molar-refractivity contribution is 0.548. The standard InChI is InChI=1S/C17H18N2O/c1-2-8-18-17(14-7-9-20-12-14)15-10-13-5-3-4-6-16(13)19-11-15/h3-7,9-12,17-18H,2,8H2,1H3. The van der Waals surface area contributed by atoms with Crippen LogP contribution in [0.3, 0.4) is 0 Å². The van der Waals surface area contributed by atoms with Crippen LogP contribution in [-0.4, -0.2) is 11.5 Å². The Morgan fingerprint density at radius 2 is 2.10 bits per heavy atom. The second-order valence-corrected chi connectivity index (χ2v) is 4.91. The van der Waals surface area contributed by atoms with Gasteiger partial charge in [-0.15, -0.1) is 0 Å². The van der Waals surface area contributed by atoms with E-state index in [0.29, 0.717) is 0 Å². The van der Waals surface area contributed by atoms with Gasteiger partial charge in [0.1, 0.15) is 0 Å². The van der Waals surface area contributed by atoms with Crippen LogP contribution in [0.25, 0.3) is 10.9 Å². The average molecular weight is 266 g/mol. The third-order valence-electron chi connectivity index (χ3n) is 3.42. The molecule has 3 heteroatoms. The minimum atomic E-state index is 0.130. The molecule has 0 saturated carbocycles. The molecule has 0 radical (unpaired) electrons. The van der Waals surface area contributed by atoms with Gasteiger partial charge in [-0.1, -0.05) is 25.1 Å². The molecule has 2 heterocycles. The van der Waals surface area contributed by atoms with Gasteiger partial charge < -0.3 is 9.73 Å². The summed E-state index contributed by atoms with van der Waals surface area (Å²) in [5.74, 6) is 0. The van der Waals surface area contributed by atoms with Crippen LogP contribution in [0.4, 0.5) is 0 Å². The molecule has 1 unspecified atom stereocenters. The minimum Gasteiger partial charge on any atom is -0.472 e. The van der Waals surface area contributed by atoms with E-state index in [1.807, 2.05) is 30.5 Å². The quantitative estimate of drug-likeness (QED) is 0.760. The first-order chi connectivity index (χ1) is 9.88. The Bertz CT molecular complexity index is 676. The molecule has 0 aliphatic rings. The number of furan rings is 1. The molecule has 0 saturated heterocycles. The van der Waals surface area contributed by atoms with E-state index in [9.17, 15) is 0 Å². The van der Waals surface area contributed by atoms with Crippen molar-refractivity contribution in [2.24, 2.45) is 0 Å². The highest BCUT2D eigenvalue weighted by atomic mass is 16.3. The summed E-state index contributed by atoms with van der Waals surface area (Å²) >= 11 is 0. The second kappa shape index (κ2) is 5.88. The molecule has 0 aliphatic carbocycles. The average Bonchev–Trinajstić information content (AvgIpc) is 3.02. The number of pyridine rings is 1. The number of hydrogen-bond acceptors (Lipinski definition) is 3. The predicted octanol–water partition coefficient (Wildman–Crippen LogP) is 3.92. The van der Waals surface area contributed by atoms with Crippen molar-refractivity contribution in [1.82, 2.24) is 10.3 Å². The largest absolute Gasteiger partial charge is 0.472 e. The van der Waals surface area contributed by atoms with E-state index in [-0.39, 0.29) is 6.04 Å². The number of aromatic nitrogens is 1. The maximum absolute atomic E-state index is 5.22. The molecular formula is C17H18N2O. The van der Waals surface area contributed by atoms with E-state index in [2.05, 4.69) is 29.4 Å². The van der Waals surface area contributed by atoms with E-state index in [4.69, 9.17) is 4.42 Å². The fourth-order valence-corrected chi connectivity index (χ4v) is 2.40. The molecule has 0 aliphatic heterocycles. The van der Waals surface area contributed by atoms with Gasteiger partial charge in [0.05, 0.1) is 24.1 Å². The van der Waals surface area contributed by atoms with Gasteiger partial charge in [-0.05, 0) is 36.7 Å². The molecule has 0 spiro atoms. The van der Waals surface area contributed by atoms with E-state index in [0.717, 1.165) is 29.4 Å². The summed E-state index contributed by atoms with van der Waals surface area (Å²) in [6.45, 7) is 3.13. The maximum atomic E-state index is 5.22. The van der Waals surface area contributed by atoms with Crippen molar-refractivity contribution in [1.29, 1.82) is 0 Å². The van der Waals surface area contributed by atoms with Crippen molar-refractivity contribution in [3.63, 3.8) is 0 Å². The van der Waals surface area contributed by atoms with Crippen molar-refractivity contribution in [3.05, 3.63) is 66.2 Å². The second-order valence-electron chi connectivity index (χ2n) is 4.91. The topological polar surface area (TPSA) is 38.1 Å². The Morgan fingerprint density at radius 1 is 1.20 bits per heavy atom. The first-order valence-corrected chi connectivity index (χ1v) is 6.98. The zero-order valence-electron chi connectivity index (χ0n) is 11.5. The Morgan fingerprint density at radius 3 is 2.90 bits per heavy atom. The normalized spacial score (nSPS) is 12.7. The maximum Gasteiger partial charge on any atom is 0.0953 e. The summed E-state index contributed by atoms with van der Waals surface area (Å²) in [6, 6.07) is 12.5. The van der Waals surface area contributed by atoms with Crippen LogP contribution in [0.1, 0.15) is 30.5 Å². The van der Waals surface area contributed by atoms with E-state index < -0.39 is 0 Å². The summed E-state index contributed by atoms with van der Waals surface area (Å²) in [5, 5.41) is 4.72. The lowest BCUT2D eigenvalue weighted by Gasteiger charge is -2.17. The first-order valence-electron chi connectivity index (χ1n) is 6.98. The van der Waals surface area contributed by atoms with E-state index in [1.54, 1.807) is 12.5 Å². The van der Waals surface area contributed by atoms with Gasteiger partial charge in [-0.25, -0.2) is 0 Å². The molecular weight excluding hydrogens is 248 g/mol. The van der Waals surface area contributed by atoms with Crippen molar-refractivity contribution in [2.75, 3.05) is 6.54 Å². The molecule has 0 fully saturated rings. The highest BCUT2D eigenvalue weighted by Crippen LogP contribution is 2.24. The third-order valence-corrected chi connectivity index (χ3v) is 3.42. The smallest absolute Gasteiger partial charge is 0.0953 e. The van der Waals surface area contributed by atoms with Gasteiger partial charge in [-0.2, -0.15) is 0 Å². The highest BCUT2D eigenvalue weighted by Gasteiger charge is 2.15. The van der Waals surface area contributed by atoms with Crippen molar-refractivity contribution in [3.8, 4) is 0 Å². The molecule has 102 valence electrons. The molecule has 1 N–H and O–H groups in total. The van der Waals surface area contributed by atoms with E-state index in [1.165, 1.54) is 5.56 Å². The molecule has 2 aromatic heterocycles. The van der Waals surface area contributed by atoms with Crippen LogP contribution in [-0.2, 0) is 0 Å². The minimum absolute atomic E-state index is 0.130. The molecule has 3 rings (SSSR count). The fourth-order valence-electron chi connectivity index (χ4n) is 2.40. The van der Waals surface area contributed by atoms with Crippen molar-refractivity contribution in [2.45, 2.75) is 19.4 Å². The Balaban J connectivity index is 1.99. The molecule has 20 heavy (non-hydrogen) atoms. The molecule has 0 amide bonds. The van der Waals surface area contributed by atoms with Crippen molar-refractivity contribution >= 4 is 10.9 Å². The lowest BCUT2D eigenvalue weighted by atomic mass is 10.0. The first kappa shape index (κ1) is 12.9. The number of hydrogen-bond donors (Lipinski definition) is 1. The van der Waals surface area contributed by atoms with Crippen LogP contribution in [0.5, 0.6) is 0 Å². The summed E-state index contributed by atoms with van der Waals surface area (Å²) in [5.41, 5.74) is 3.33. The number of fused-ring (bicyclic) bond motifs is 1. The van der Waals surface area contributed by atoms with Gasteiger partial charge in [-0.3, -0.25) is 4.98 Å². The monoisotopic (exact) mass is 266 g/mol. The van der Waals surface area contributed by atoms with Crippen LogP contribution in [0.15, 0.2) is 59.5 Å². The summed E-state index contributed by atoms with van der Waals surface area (Å²) in [7, 11) is 0. The Kier molecular flexibility index (Phi) is 3.79. The fraction of sp³-hybridized carbons (Fsp3) is 0.235. The number of nitrogens with zero attached hydrogens (tertiary/aromatic N) is 1. The summed E-state index contributed by atoms with van der Waals surface area (Å²) in [6.07, 6.45) is 6.55. The Hall–Kier alpha value is -2.13. The Labute approximate surface area is 118 Å². The van der Waals surface area contributed by atoms with Crippen LogP contribution >= 0.6 is 0 Å². The van der Waals surface area contributed by atoms with Gasteiger partial charge in [0.15, 0.2) is 0 Å². The molecule has 3 aromatic rings. The molecule has 3 nitrogen and oxygen atoms in total. The highest BCUT2D eigenvalue weighted by molar-refractivity contribution is 5.78. The van der Waals surface area contributed by atoms with Gasteiger partial charge in [0, 0.05) is 17.1 Å². The number of para-hydroxylation sites is 1. The summed E-state index contributed by atoms with van der Waals surface area (Å²) < 4.78 is 5.22. The van der Waals surface area contributed by atoms with Gasteiger partial charge >= 0.3 is 0 Å². The van der Waals surface area contributed by atoms with Gasteiger partial charge in [0.25, 0.3) is 0 Å². The molecule has 1 aromatic carbocycles. The van der Waals surface area contributed by atoms with Crippen molar-refractivity contribution < 1.29 is 4.42 Å². The molecule has 0 bridgehead atoms. The van der Waals surface area contributed by atoms with Crippen LogP contribution in [0.2, 0.25) is 0 Å². The predicted molar refractivity (Wildman–Crippen MR) is 80.6 cm³/mol. The van der Waals surface area contributed by atoms with Crippen LogP contribution in [0, 0.1) is 0 Å². The number of benzene rings is 1. The molecule has 1 atom stereocenters. The SMILES string of the molecule is CCCNC(c1ccoc1)c1cnc2ccccc2c1. The third kappa shape index (κ3) is 2.58. The van der Waals surface area contributed by atoms with Crippen LogP contribution < -0.4 is 5.32 Å². The zero-order chi connectivity index (χ0) is 13.8. The zero-order valence-corrected chi connectivity index (χ0v) is 11.5. The van der Waals surface area contributed by atoms with Gasteiger partial charge in [0.2, 0.25) is 0 Å². The lowest BCUT2D eigenvalue weighted by Crippen LogP contribution is -2.22. The summed E-state index contributed by atoms with van der Waals surface area (Å²) in [4.78, 5) is 4.55. The number of rotatable bonds is 5.